The minimum atomic E-state index is -0.118. The van der Waals surface area contributed by atoms with Gasteiger partial charge < -0.3 is 9.88 Å². The molecule has 0 saturated carbocycles. The number of nitrogens with one attached hydrogen (secondary N) is 1. The van der Waals surface area contributed by atoms with Crippen LogP contribution in [0.5, 0.6) is 0 Å². The van der Waals surface area contributed by atoms with E-state index >= 15 is 0 Å². The summed E-state index contributed by atoms with van der Waals surface area (Å²) < 4.78 is 15.9. The molecule has 0 radical (unpaired) electrons. The predicted octanol–water partition coefficient (Wildman–Crippen LogP) is 2.91. The Morgan fingerprint density at radius 2 is 2.05 bits per heavy atom. The normalized spacial score (nSPS) is 17.8. The van der Waals surface area contributed by atoms with Crippen molar-refractivity contribution in [3.63, 3.8) is 0 Å². The van der Waals surface area contributed by atoms with E-state index in [-0.39, 0.29) is 11.2 Å². The zero-order valence-corrected chi connectivity index (χ0v) is 12.5. The van der Waals surface area contributed by atoms with Crippen LogP contribution in [0.2, 0.25) is 0 Å². The highest BCUT2D eigenvalue weighted by molar-refractivity contribution is 5.19. The van der Waals surface area contributed by atoms with Crippen molar-refractivity contribution in [2.75, 3.05) is 13.1 Å². The molecule has 0 bridgehead atoms. The third kappa shape index (κ3) is 3.00. The van der Waals surface area contributed by atoms with Gasteiger partial charge in [0.25, 0.3) is 0 Å². The lowest BCUT2D eigenvalue weighted by molar-refractivity contribution is 0.316. The van der Waals surface area contributed by atoms with Crippen LogP contribution < -0.4 is 5.32 Å². The fraction of sp³-hybridized carbons (Fsp3) is 0.471. The van der Waals surface area contributed by atoms with E-state index in [0.29, 0.717) is 6.42 Å². The van der Waals surface area contributed by atoms with Gasteiger partial charge in [-0.2, -0.15) is 0 Å². The number of rotatable bonds is 4. The quantitative estimate of drug-likeness (QED) is 0.937. The van der Waals surface area contributed by atoms with Crippen LogP contribution >= 0.6 is 0 Å². The second kappa shape index (κ2) is 5.98. The van der Waals surface area contributed by atoms with Crippen molar-refractivity contribution in [3.8, 4) is 0 Å². The SMILES string of the molecule is CC1(c2cncn2CCc2ccccc2F)CCNCC1. The van der Waals surface area contributed by atoms with Crippen molar-refractivity contribution in [1.82, 2.24) is 14.9 Å². The molecule has 0 amide bonds. The third-order valence-electron chi connectivity index (χ3n) is 4.62. The summed E-state index contributed by atoms with van der Waals surface area (Å²) in [6.07, 6.45) is 6.80. The smallest absolute Gasteiger partial charge is 0.126 e. The van der Waals surface area contributed by atoms with Crippen LogP contribution in [0.3, 0.4) is 0 Å². The van der Waals surface area contributed by atoms with Gasteiger partial charge >= 0.3 is 0 Å². The van der Waals surface area contributed by atoms with Crippen molar-refractivity contribution in [3.05, 3.63) is 53.9 Å². The van der Waals surface area contributed by atoms with Crippen LogP contribution in [0.1, 0.15) is 31.0 Å². The number of piperidine rings is 1. The van der Waals surface area contributed by atoms with Crippen molar-refractivity contribution < 1.29 is 4.39 Å². The summed E-state index contributed by atoms with van der Waals surface area (Å²) in [6.45, 7) is 5.19. The van der Waals surface area contributed by atoms with Gasteiger partial charge in [0, 0.05) is 23.9 Å². The van der Waals surface area contributed by atoms with E-state index in [9.17, 15) is 4.39 Å². The fourth-order valence-corrected chi connectivity index (χ4v) is 3.18. The minimum absolute atomic E-state index is 0.118. The first-order chi connectivity index (χ1) is 10.2. The Labute approximate surface area is 125 Å². The minimum Gasteiger partial charge on any atom is -0.334 e. The average Bonchev–Trinajstić information content (AvgIpc) is 2.96. The maximum absolute atomic E-state index is 13.7. The van der Waals surface area contributed by atoms with Gasteiger partial charge in [-0.05, 0) is 44.0 Å². The molecule has 0 aliphatic carbocycles. The molecule has 1 N–H and O–H groups in total. The molecule has 0 spiro atoms. The topological polar surface area (TPSA) is 29.9 Å². The van der Waals surface area contributed by atoms with E-state index < -0.39 is 0 Å². The van der Waals surface area contributed by atoms with Crippen molar-refractivity contribution in [1.29, 1.82) is 0 Å². The summed E-state index contributed by atoms with van der Waals surface area (Å²) in [5.41, 5.74) is 2.23. The first-order valence-electron chi connectivity index (χ1n) is 7.64. The molecular formula is C17H22FN3. The van der Waals surface area contributed by atoms with Crippen LogP contribution in [0.25, 0.3) is 0 Å². The van der Waals surface area contributed by atoms with Crippen LogP contribution in [0, 0.1) is 5.82 Å². The van der Waals surface area contributed by atoms with Crippen LogP contribution in [-0.4, -0.2) is 22.6 Å². The lowest BCUT2D eigenvalue weighted by Gasteiger charge is -2.34. The highest BCUT2D eigenvalue weighted by Crippen LogP contribution is 2.32. The molecule has 21 heavy (non-hydrogen) atoms. The molecule has 1 saturated heterocycles. The Kier molecular flexibility index (Phi) is 4.06. The molecule has 0 atom stereocenters. The number of benzene rings is 1. The van der Waals surface area contributed by atoms with E-state index in [4.69, 9.17) is 0 Å². The van der Waals surface area contributed by atoms with Gasteiger partial charge in [-0.15, -0.1) is 0 Å². The first-order valence-corrected chi connectivity index (χ1v) is 7.64. The van der Waals surface area contributed by atoms with Crippen LogP contribution in [0.4, 0.5) is 4.39 Å². The maximum Gasteiger partial charge on any atom is 0.126 e. The summed E-state index contributed by atoms with van der Waals surface area (Å²) in [5.74, 6) is -0.118. The van der Waals surface area contributed by atoms with Crippen molar-refractivity contribution in [2.45, 2.75) is 38.1 Å². The molecule has 1 aliphatic heterocycles. The second-order valence-electron chi connectivity index (χ2n) is 6.12. The number of aryl methyl sites for hydroxylation is 2. The summed E-state index contributed by atoms with van der Waals surface area (Å²) in [4.78, 5) is 4.33. The summed E-state index contributed by atoms with van der Waals surface area (Å²) in [5, 5.41) is 3.41. The Morgan fingerprint density at radius 3 is 2.81 bits per heavy atom. The Hall–Kier alpha value is -1.68. The van der Waals surface area contributed by atoms with Gasteiger partial charge in [-0.25, -0.2) is 9.37 Å². The van der Waals surface area contributed by atoms with E-state index in [1.807, 2.05) is 24.7 Å². The van der Waals surface area contributed by atoms with E-state index in [1.165, 1.54) is 11.8 Å². The molecule has 3 rings (SSSR count). The zero-order valence-electron chi connectivity index (χ0n) is 12.5. The lowest BCUT2D eigenvalue weighted by Crippen LogP contribution is -2.39. The van der Waals surface area contributed by atoms with Gasteiger partial charge in [0.15, 0.2) is 0 Å². The Balaban J connectivity index is 1.75. The molecule has 3 nitrogen and oxygen atoms in total. The number of aromatic nitrogens is 2. The molecule has 1 aromatic heterocycles. The third-order valence-corrected chi connectivity index (χ3v) is 4.62. The van der Waals surface area contributed by atoms with E-state index in [1.54, 1.807) is 6.07 Å². The molecule has 1 fully saturated rings. The standard InChI is InChI=1S/C17H22FN3/c1-17(7-9-19-10-8-17)16-12-20-13-21(16)11-6-14-4-2-3-5-15(14)18/h2-5,12-13,19H,6-11H2,1H3. The monoisotopic (exact) mass is 287 g/mol. The molecule has 4 heteroatoms. The van der Waals surface area contributed by atoms with Crippen molar-refractivity contribution in [2.24, 2.45) is 0 Å². The Morgan fingerprint density at radius 1 is 1.29 bits per heavy atom. The number of nitrogens with zero attached hydrogens (tertiary/aromatic N) is 2. The fourth-order valence-electron chi connectivity index (χ4n) is 3.18. The molecule has 0 unspecified atom stereocenters. The van der Waals surface area contributed by atoms with Gasteiger partial charge in [0.05, 0.1) is 6.33 Å². The average molecular weight is 287 g/mol. The second-order valence-corrected chi connectivity index (χ2v) is 6.12. The largest absolute Gasteiger partial charge is 0.334 e. The summed E-state index contributed by atoms with van der Waals surface area (Å²) >= 11 is 0. The number of hydrogen-bond acceptors (Lipinski definition) is 2. The zero-order chi connectivity index (χ0) is 14.7. The Bertz CT molecular complexity index is 600. The van der Waals surface area contributed by atoms with Gasteiger partial charge in [-0.3, -0.25) is 0 Å². The lowest BCUT2D eigenvalue weighted by atomic mass is 9.78. The van der Waals surface area contributed by atoms with Gasteiger partial charge in [-0.1, -0.05) is 25.1 Å². The molecular weight excluding hydrogens is 265 g/mol. The van der Waals surface area contributed by atoms with Crippen LogP contribution in [-0.2, 0) is 18.4 Å². The predicted molar refractivity (Wildman–Crippen MR) is 81.8 cm³/mol. The van der Waals surface area contributed by atoms with Crippen LogP contribution in [0.15, 0.2) is 36.8 Å². The number of imidazole rings is 1. The molecule has 1 aliphatic rings. The highest BCUT2D eigenvalue weighted by atomic mass is 19.1. The maximum atomic E-state index is 13.7. The molecule has 112 valence electrons. The van der Waals surface area contributed by atoms with Crippen molar-refractivity contribution >= 4 is 0 Å². The summed E-state index contributed by atoms with van der Waals surface area (Å²) in [7, 11) is 0. The van der Waals surface area contributed by atoms with Gasteiger partial charge in [0.1, 0.15) is 5.82 Å². The molecule has 1 aromatic carbocycles. The highest BCUT2D eigenvalue weighted by Gasteiger charge is 2.31. The number of hydrogen-bond donors (Lipinski definition) is 1. The molecule has 2 heterocycles. The summed E-state index contributed by atoms with van der Waals surface area (Å²) in [6, 6.07) is 7.01. The molecule has 2 aromatic rings. The van der Waals surface area contributed by atoms with Gasteiger partial charge in [0.2, 0.25) is 0 Å². The van der Waals surface area contributed by atoms with E-state index in [0.717, 1.165) is 38.0 Å². The van der Waals surface area contributed by atoms with E-state index in [2.05, 4.69) is 21.8 Å². The number of halogens is 1. The first kappa shape index (κ1) is 14.3.